The normalized spacial score (nSPS) is 11.2. The molecule has 0 fully saturated rings. The number of carboxylic acids is 1. The Kier molecular flexibility index (Phi) is 5.99. The fraction of sp³-hybridized carbons (Fsp3) is 0.0357. The zero-order chi connectivity index (χ0) is 24.4. The molecule has 0 radical (unpaired) electrons. The first kappa shape index (κ1) is 22.3. The zero-order valence-corrected chi connectivity index (χ0v) is 19.6. The average Bonchev–Trinajstić information content (AvgIpc) is 3.22. The van der Waals surface area contributed by atoms with Gasteiger partial charge in [-0.15, -0.1) is 11.3 Å². The van der Waals surface area contributed by atoms with E-state index >= 15 is 0 Å². The lowest BCUT2D eigenvalue weighted by molar-refractivity contribution is 0.0701. The number of rotatable bonds is 6. The highest BCUT2D eigenvalue weighted by atomic mass is 32.1. The van der Waals surface area contributed by atoms with Crippen LogP contribution in [0, 0.1) is 6.92 Å². The van der Waals surface area contributed by atoms with E-state index in [0.29, 0.717) is 21.6 Å². The first-order chi connectivity index (χ1) is 17.0. The molecule has 2 aromatic heterocycles. The lowest BCUT2D eigenvalue weighted by Gasteiger charge is -2.25. The van der Waals surface area contributed by atoms with Gasteiger partial charge in [-0.3, -0.25) is 4.79 Å². The fourth-order valence-corrected chi connectivity index (χ4v) is 4.98. The molecule has 0 amide bonds. The van der Waals surface area contributed by atoms with Crippen molar-refractivity contribution in [3.63, 3.8) is 0 Å². The molecule has 5 aromatic rings. The summed E-state index contributed by atoms with van der Waals surface area (Å²) in [7, 11) is 0. The summed E-state index contributed by atoms with van der Waals surface area (Å²) in [6.07, 6.45) is 3.58. The van der Waals surface area contributed by atoms with Crippen LogP contribution in [0.4, 0.5) is 17.1 Å². The zero-order valence-electron chi connectivity index (χ0n) is 18.8. The van der Waals surface area contributed by atoms with Crippen molar-refractivity contribution in [3.05, 3.63) is 117 Å². The van der Waals surface area contributed by atoms with Gasteiger partial charge in [0.05, 0.1) is 5.39 Å². The predicted molar refractivity (Wildman–Crippen MR) is 142 cm³/mol. The van der Waals surface area contributed by atoms with Gasteiger partial charge in [0.2, 0.25) is 0 Å². The molecule has 35 heavy (non-hydrogen) atoms. The van der Waals surface area contributed by atoms with Crippen molar-refractivity contribution in [2.24, 2.45) is 0 Å². The quantitative estimate of drug-likeness (QED) is 0.285. The molecule has 0 bridgehead atoms. The number of fused-ring (bicyclic) bond motifs is 1. The highest BCUT2D eigenvalue weighted by molar-refractivity contribution is 7.20. The number of carboxylic acid groups (broad SMARTS) is 1. The Morgan fingerprint density at radius 3 is 2.03 bits per heavy atom. The molecule has 0 aliphatic heterocycles. The van der Waals surface area contributed by atoms with Crippen LogP contribution in [0.2, 0.25) is 0 Å². The van der Waals surface area contributed by atoms with Crippen LogP contribution in [0.15, 0.2) is 89.7 Å². The first-order valence-corrected chi connectivity index (χ1v) is 11.8. The van der Waals surface area contributed by atoms with Gasteiger partial charge in [0, 0.05) is 17.1 Å². The lowest BCUT2D eigenvalue weighted by Crippen LogP contribution is -2.09. The van der Waals surface area contributed by atoms with Gasteiger partial charge in [-0.05, 0) is 60.5 Å². The molecule has 3 aromatic carbocycles. The van der Waals surface area contributed by atoms with Gasteiger partial charge in [0.15, 0.2) is 0 Å². The van der Waals surface area contributed by atoms with Crippen molar-refractivity contribution >= 4 is 56.7 Å². The van der Waals surface area contributed by atoms with Crippen LogP contribution in [0.25, 0.3) is 22.4 Å². The van der Waals surface area contributed by atoms with E-state index < -0.39 is 5.97 Å². The van der Waals surface area contributed by atoms with Gasteiger partial charge < -0.3 is 15.0 Å². The Morgan fingerprint density at radius 2 is 1.46 bits per heavy atom. The summed E-state index contributed by atoms with van der Waals surface area (Å²) in [5.41, 5.74) is 4.17. The molecule has 0 saturated heterocycles. The molecule has 2 N–H and O–H groups in total. The van der Waals surface area contributed by atoms with E-state index in [0.717, 1.165) is 34.0 Å². The van der Waals surface area contributed by atoms with Crippen molar-refractivity contribution in [2.75, 3.05) is 4.90 Å². The van der Waals surface area contributed by atoms with Gasteiger partial charge >= 0.3 is 5.97 Å². The van der Waals surface area contributed by atoms with E-state index in [1.54, 1.807) is 13.0 Å². The van der Waals surface area contributed by atoms with Crippen molar-refractivity contribution in [3.8, 4) is 0 Å². The maximum absolute atomic E-state index is 12.5. The highest BCUT2D eigenvalue weighted by Gasteiger charge is 2.18. The third-order valence-electron chi connectivity index (χ3n) is 5.63. The van der Waals surface area contributed by atoms with Gasteiger partial charge in [-0.25, -0.2) is 9.78 Å². The molecule has 0 aliphatic rings. The second-order valence-corrected chi connectivity index (χ2v) is 8.92. The van der Waals surface area contributed by atoms with Crippen LogP contribution in [-0.4, -0.2) is 21.0 Å². The van der Waals surface area contributed by atoms with Crippen LogP contribution in [0.5, 0.6) is 0 Å². The van der Waals surface area contributed by atoms with Crippen LogP contribution in [-0.2, 0) is 0 Å². The van der Waals surface area contributed by atoms with E-state index in [2.05, 4.69) is 39.1 Å². The van der Waals surface area contributed by atoms with Crippen molar-refractivity contribution < 1.29 is 9.90 Å². The average molecular weight is 480 g/mol. The Bertz CT molecular complexity index is 1550. The molecule has 7 heteroatoms. The highest BCUT2D eigenvalue weighted by Crippen LogP contribution is 2.34. The molecule has 0 unspecified atom stereocenters. The number of nitrogens with zero attached hydrogens (tertiary/aromatic N) is 2. The van der Waals surface area contributed by atoms with Crippen LogP contribution in [0.3, 0.4) is 0 Å². The number of aromatic amines is 1. The minimum Gasteiger partial charge on any atom is -0.477 e. The summed E-state index contributed by atoms with van der Waals surface area (Å²) >= 11 is 1.01. The number of aromatic nitrogens is 2. The third-order valence-corrected chi connectivity index (χ3v) is 6.80. The fourth-order valence-electron chi connectivity index (χ4n) is 3.95. The van der Waals surface area contributed by atoms with E-state index in [1.807, 2.05) is 66.7 Å². The summed E-state index contributed by atoms with van der Waals surface area (Å²) in [4.78, 5) is 33.9. The molecule has 5 rings (SSSR count). The Labute approximate surface area is 205 Å². The molecule has 0 spiro atoms. The number of aryl methyl sites for hydroxylation is 1. The molecule has 0 saturated carbocycles. The number of H-pyrrole nitrogens is 1. The van der Waals surface area contributed by atoms with Gasteiger partial charge in [-0.2, -0.15) is 0 Å². The first-order valence-electron chi connectivity index (χ1n) is 11.0. The molecule has 172 valence electrons. The minimum absolute atomic E-state index is 0.135. The van der Waals surface area contributed by atoms with E-state index in [9.17, 15) is 14.7 Å². The van der Waals surface area contributed by atoms with E-state index in [-0.39, 0.29) is 10.4 Å². The standard InChI is InChI=1S/C28H21N3O3S/c1-18-24-26(32)29-23(30-27(24)35-25(18)28(33)34)17-14-19-12-15-22(16-13-19)31(20-8-4-2-5-9-20)21-10-6-3-7-11-21/h2-17H,1H3,(H,33,34)(H,29,30,32). The number of nitrogens with one attached hydrogen (secondary N) is 1. The maximum Gasteiger partial charge on any atom is 0.346 e. The molecular weight excluding hydrogens is 458 g/mol. The van der Waals surface area contributed by atoms with Gasteiger partial charge in [0.25, 0.3) is 5.56 Å². The number of para-hydroxylation sites is 2. The van der Waals surface area contributed by atoms with Crippen LogP contribution >= 0.6 is 11.3 Å². The second-order valence-electron chi connectivity index (χ2n) is 7.92. The number of benzene rings is 3. The smallest absolute Gasteiger partial charge is 0.346 e. The van der Waals surface area contributed by atoms with Gasteiger partial charge in [-0.1, -0.05) is 54.6 Å². The predicted octanol–water partition coefficient (Wildman–Crippen LogP) is 6.63. The summed E-state index contributed by atoms with van der Waals surface area (Å²) < 4.78 is 0. The van der Waals surface area contributed by atoms with Crippen molar-refractivity contribution in [1.82, 2.24) is 9.97 Å². The third kappa shape index (κ3) is 4.49. The van der Waals surface area contributed by atoms with Crippen LogP contribution < -0.4 is 10.5 Å². The van der Waals surface area contributed by atoms with E-state index in [1.165, 1.54) is 0 Å². The Hall–Kier alpha value is -4.49. The number of hydrogen-bond acceptors (Lipinski definition) is 5. The topological polar surface area (TPSA) is 86.3 Å². The molecular formula is C28H21N3O3S. The minimum atomic E-state index is -1.05. The summed E-state index contributed by atoms with van der Waals surface area (Å²) in [5.74, 6) is -0.679. The van der Waals surface area contributed by atoms with Crippen molar-refractivity contribution in [1.29, 1.82) is 0 Å². The molecule has 6 nitrogen and oxygen atoms in total. The molecule has 0 aliphatic carbocycles. The Morgan fingerprint density at radius 1 is 0.886 bits per heavy atom. The molecule has 0 atom stereocenters. The van der Waals surface area contributed by atoms with Crippen LogP contribution in [0.1, 0.15) is 26.6 Å². The summed E-state index contributed by atoms with van der Waals surface area (Å²) in [5, 5.41) is 9.67. The molecule has 2 heterocycles. The van der Waals surface area contributed by atoms with E-state index in [4.69, 9.17) is 0 Å². The SMILES string of the molecule is Cc1c(C(=O)O)sc2nc(C=Cc3ccc(N(c4ccccc4)c4ccccc4)cc3)[nH]c(=O)c12. The number of anilines is 3. The van der Waals surface area contributed by atoms with Gasteiger partial charge in [0.1, 0.15) is 15.5 Å². The number of thiophene rings is 1. The lowest BCUT2D eigenvalue weighted by atomic mass is 10.1. The number of aromatic carboxylic acids is 1. The number of hydrogen-bond donors (Lipinski definition) is 2. The monoisotopic (exact) mass is 479 g/mol. The Balaban J connectivity index is 1.45. The summed E-state index contributed by atoms with van der Waals surface area (Å²) in [6, 6.07) is 28.4. The number of carbonyl (C=O) groups is 1. The second kappa shape index (κ2) is 9.40. The summed E-state index contributed by atoms with van der Waals surface area (Å²) in [6.45, 7) is 1.63. The largest absolute Gasteiger partial charge is 0.477 e. The van der Waals surface area contributed by atoms with Crippen molar-refractivity contribution in [2.45, 2.75) is 6.92 Å². The maximum atomic E-state index is 12.5.